The highest BCUT2D eigenvalue weighted by Gasteiger charge is 2.51. The molecule has 2 saturated carbocycles. The van der Waals surface area contributed by atoms with Crippen LogP contribution in [0.15, 0.2) is 57.1 Å². The van der Waals surface area contributed by atoms with E-state index in [-0.39, 0.29) is 45.3 Å². The van der Waals surface area contributed by atoms with Gasteiger partial charge >= 0.3 is 5.69 Å². The number of carbonyl (C=O) groups is 2. The van der Waals surface area contributed by atoms with Crippen LogP contribution in [0.1, 0.15) is 81.9 Å². The van der Waals surface area contributed by atoms with E-state index in [0.717, 1.165) is 57.2 Å². The van der Waals surface area contributed by atoms with Crippen molar-refractivity contribution in [2.24, 2.45) is 12.5 Å². The van der Waals surface area contributed by atoms with Crippen LogP contribution in [0.3, 0.4) is 0 Å². The number of nitrogens with zero attached hydrogens (tertiary/aromatic N) is 7. The van der Waals surface area contributed by atoms with Crippen LogP contribution >= 0.6 is 11.6 Å². The first kappa shape index (κ1) is 41.2. The third-order valence-corrected chi connectivity index (χ3v) is 16.1. The smallest absolute Gasteiger partial charge is 0.329 e. The Bertz CT molecular complexity index is 2840. The molecular formula is C43H49ClFN9O6S. The van der Waals surface area contributed by atoms with Crippen LogP contribution in [-0.4, -0.2) is 87.3 Å². The van der Waals surface area contributed by atoms with Crippen LogP contribution in [0, 0.1) is 18.2 Å². The monoisotopic (exact) mass is 873 g/mol. The molecule has 9 rings (SSSR count). The second kappa shape index (κ2) is 15.6. The number of benzene rings is 2. The second-order valence-electron chi connectivity index (χ2n) is 17.5. The Morgan fingerprint density at radius 2 is 1.75 bits per heavy atom. The van der Waals surface area contributed by atoms with E-state index in [1.54, 1.807) is 54.2 Å². The predicted molar refractivity (Wildman–Crippen MR) is 231 cm³/mol. The number of sulfone groups is 1. The van der Waals surface area contributed by atoms with Crippen molar-refractivity contribution in [3.63, 3.8) is 0 Å². The van der Waals surface area contributed by atoms with Crippen molar-refractivity contribution in [1.82, 2.24) is 33.9 Å². The highest BCUT2D eigenvalue weighted by Crippen LogP contribution is 2.53. The molecule has 0 bridgehead atoms. The van der Waals surface area contributed by atoms with Gasteiger partial charge in [0.15, 0.2) is 15.7 Å². The van der Waals surface area contributed by atoms with Crippen LogP contribution in [0.4, 0.5) is 21.7 Å². The fourth-order valence-electron chi connectivity index (χ4n) is 10.1. The summed E-state index contributed by atoms with van der Waals surface area (Å²) in [7, 11) is -0.280. The number of aryl methyl sites for hydroxylation is 2. The van der Waals surface area contributed by atoms with Gasteiger partial charge in [0.05, 0.1) is 21.3 Å². The molecule has 1 unspecified atom stereocenters. The van der Waals surface area contributed by atoms with E-state index in [2.05, 4.69) is 20.5 Å². The summed E-state index contributed by atoms with van der Waals surface area (Å²) in [6.07, 6.45) is 8.77. The normalized spacial score (nSPS) is 20.1. The number of hydrogen-bond acceptors (Lipinski definition) is 11. The van der Waals surface area contributed by atoms with Gasteiger partial charge < -0.3 is 15.1 Å². The highest BCUT2D eigenvalue weighted by atomic mass is 35.5. The molecule has 5 aromatic rings. The molecule has 322 valence electrons. The maximum absolute atomic E-state index is 16.1. The molecule has 4 fully saturated rings. The maximum atomic E-state index is 16.1. The first-order valence-corrected chi connectivity index (χ1v) is 22.9. The molecule has 61 heavy (non-hydrogen) atoms. The van der Waals surface area contributed by atoms with Crippen molar-refractivity contribution < 1.29 is 22.4 Å². The minimum atomic E-state index is -3.57. The van der Waals surface area contributed by atoms with Crippen molar-refractivity contribution in [2.75, 3.05) is 43.4 Å². The molecule has 2 amide bonds. The van der Waals surface area contributed by atoms with Crippen LogP contribution in [0.5, 0.6) is 0 Å². The summed E-state index contributed by atoms with van der Waals surface area (Å²) in [5.41, 5.74) is 1.86. The molecule has 2 N–H and O–H groups in total. The van der Waals surface area contributed by atoms with Crippen molar-refractivity contribution >= 4 is 72.6 Å². The zero-order chi connectivity index (χ0) is 43.0. The van der Waals surface area contributed by atoms with Crippen LogP contribution < -0.4 is 26.8 Å². The maximum Gasteiger partial charge on any atom is 0.329 e. The Balaban J connectivity index is 0.804. The number of carbonyl (C=O) groups excluding carboxylic acids is 2. The van der Waals surface area contributed by atoms with Gasteiger partial charge in [-0.2, -0.15) is 4.98 Å². The van der Waals surface area contributed by atoms with Gasteiger partial charge in [-0.3, -0.25) is 33.4 Å². The fraction of sp³-hybridized carbons (Fsp3) is 0.488. The van der Waals surface area contributed by atoms with Gasteiger partial charge in [0, 0.05) is 56.9 Å². The van der Waals surface area contributed by atoms with E-state index in [0.29, 0.717) is 59.8 Å². The summed E-state index contributed by atoms with van der Waals surface area (Å²) < 4.78 is 48.0. The zero-order valence-corrected chi connectivity index (χ0v) is 36.0. The lowest BCUT2D eigenvalue weighted by molar-refractivity contribution is -0.135. The molecule has 5 heterocycles. The van der Waals surface area contributed by atoms with Crippen LogP contribution in [0.2, 0.25) is 5.02 Å². The molecule has 2 aliphatic carbocycles. The number of pyridine rings is 1. The molecule has 2 saturated heterocycles. The number of hydrogen-bond donors (Lipinski definition) is 2. The van der Waals surface area contributed by atoms with Crippen molar-refractivity contribution in [3.05, 3.63) is 79.8 Å². The third-order valence-electron chi connectivity index (χ3n) is 13.7. The molecule has 1 atom stereocenters. The fourth-order valence-corrected chi connectivity index (χ4v) is 12.4. The van der Waals surface area contributed by atoms with Crippen molar-refractivity contribution in [2.45, 2.75) is 93.4 Å². The number of likely N-dealkylation sites (tertiary alicyclic amines) is 1. The van der Waals surface area contributed by atoms with E-state index in [9.17, 15) is 27.6 Å². The molecule has 2 aromatic carbocycles. The molecule has 0 radical (unpaired) electrons. The molecule has 2 aliphatic heterocycles. The molecule has 4 aliphatic rings. The van der Waals surface area contributed by atoms with E-state index in [1.165, 1.54) is 16.2 Å². The van der Waals surface area contributed by atoms with E-state index in [1.807, 2.05) is 11.8 Å². The third kappa shape index (κ3) is 7.31. The standard InChI is InChI=1S/C43H49ClFN9O6S/c1-25-20-28(8-9-31(25)47-41-46-24-26-21-30(44)40(57)53(38(26)49-41)27-6-4-5-7-27)61(59,60)29-22-43(23-29)14-16-52(17-15-43)19-18-50(2)32-10-11-33-37(36(32)45)51(3)42(58)54(33)34-12-13-35(55)48-39(34)56/h8-11,20-21,24,27,29,34H,4-7,12-19,22-23H2,1-3H3,(H,46,47,49)(H,48,55,56). The van der Waals surface area contributed by atoms with Crippen molar-refractivity contribution in [1.29, 1.82) is 0 Å². The van der Waals surface area contributed by atoms with Gasteiger partial charge in [0.25, 0.3) is 5.56 Å². The SMILES string of the molecule is Cc1cc(S(=O)(=O)C2CC3(CCN(CCN(C)c4ccc5c(c4F)n(C)c(=O)n5C4CCC(=O)NC4=O)CC3)C2)ccc1Nc1ncc2cc(Cl)c(=O)n(C3CCCC3)c2n1. The molecule has 18 heteroatoms. The number of fused-ring (bicyclic) bond motifs is 2. The lowest BCUT2D eigenvalue weighted by atomic mass is 9.63. The molecule has 3 aromatic heterocycles. The topological polar surface area (TPSA) is 174 Å². The number of anilines is 3. The Hall–Kier alpha value is -5.13. The van der Waals surface area contributed by atoms with Gasteiger partial charge in [-0.15, -0.1) is 0 Å². The Morgan fingerprint density at radius 3 is 2.46 bits per heavy atom. The Morgan fingerprint density at radius 1 is 1.02 bits per heavy atom. The summed E-state index contributed by atoms with van der Waals surface area (Å²) in [6.45, 7) is 4.68. The number of amides is 2. The van der Waals surface area contributed by atoms with Gasteiger partial charge in [-0.25, -0.2) is 22.6 Å². The number of likely N-dealkylation sites (N-methyl/N-ethyl adjacent to an activating group) is 1. The van der Waals surface area contributed by atoms with Crippen molar-refractivity contribution in [3.8, 4) is 0 Å². The molecule has 1 spiro atoms. The average molecular weight is 874 g/mol. The first-order chi connectivity index (χ1) is 29.1. The quantitative estimate of drug-likeness (QED) is 0.169. The number of nitrogens with one attached hydrogen (secondary N) is 2. The van der Waals surface area contributed by atoms with Gasteiger partial charge in [0.1, 0.15) is 22.2 Å². The van der Waals surface area contributed by atoms with E-state index < -0.39 is 44.5 Å². The number of halogens is 2. The average Bonchev–Trinajstić information content (AvgIpc) is 3.84. The second-order valence-corrected chi connectivity index (χ2v) is 20.1. The van der Waals surface area contributed by atoms with Gasteiger partial charge in [-0.05, 0) is 112 Å². The van der Waals surface area contributed by atoms with Crippen LogP contribution in [0.25, 0.3) is 22.1 Å². The number of imidazole rings is 1. The summed E-state index contributed by atoms with van der Waals surface area (Å²) >= 11 is 6.29. The summed E-state index contributed by atoms with van der Waals surface area (Å²) in [4.78, 5) is 64.2. The number of imide groups is 1. The number of aromatic nitrogens is 5. The highest BCUT2D eigenvalue weighted by molar-refractivity contribution is 7.92. The minimum Gasteiger partial charge on any atom is -0.371 e. The van der Waals surface area contributed by atoms with Gasteiger partial charge in [-0.1, -0.05) is 24.4 Å². The summed E-state index contributed by atoms with van der Waals surface area (Å²) in [5.74, 6) is -1.21. The summed E-state index contributed by atoms with van der Waals surface area (Å²) in [6, 6.07) is 9.10. The first-order valence-electron chi connectivity index (χ1n) is 21.0. The predicted octanol–water partition coefficient (Wildman–Crippen LogP) is 5.54. The Kier molecular flexibility index (Phi) is 10.6. The molecule has 15 nitrogen and oxygen atoms in total. The lowest BCUT2D eigenvalue weighted by Crippen LogP contribution is -2.52. The lowest BCUT2D eigenvalue weighted by Gasteiger charge is -2.52. The zero-order valence-electron chi connectivity index (χ0n) is 34.4. The van der Waals surface area contributed by atoms with Gasteiger partial charge in [0.2, 0.25) is 17.8 Å². The summed E-state index contributed by atoms with van der Waals surface area (Å²) in [5, 5.41) is 5.88. The Labute approximate surface area is 356 Å². The largest absolute Gasteiger partial charge is 0.371 e. The van der Waals surface area contributed by atoms with Crippen LogP contribution in [-0.2, 0) is 26.5 Å². The number of piperidine rings is 2. The molecular weight excluding hydrogens is 825 g/mol. The van der Waals surface area contributed by atoms with E-state index >= 15 is 4.39 Å². The van der Waals surface area contributed by atoms with E-state index in [4.69, 9.17) is 16.6 Å². The minimum absolute atomic E-state index is 0.0226. The number of rotatable bonds is 10.